The molecule has 0 saturated carbocycles. The van der Waals surface area contributed by atoms with E-state index >= 15 is 0 Å². The van der Waals surface area contributed by atoms with Gasteiger partial charge >= 0.3 is 0 Å². The molecule has 4 heteroatoms. The molecule has 1 unspecified atom stereocenters. The van der Waals surface area contributed by atoms with Gasteiger partial charge in [0.25, 0.3) is 0 Å². The Labute approximate surface area is 107 Å². The fourth-order valence-corrected chi connectivity index (χ4v) is 2.51. The maximum Gasteiger partial charge on any atom is 0.161 e. The Hall–Kier alpha value is -1.16. The van der Waals surface area contributed by atoms with Crippen LogP contribution in [0, 0.1) is 12.8 Å². The van der Waals surface area contributed by atoms with Crippen molar-refractivity contribution in [3.63, 3.8) is 0 Å². The summed E-state index contributed by atoms with van der Waals surface area (Å²) in [5.74, 6) is 2.68. The topological polar surface area (TPSA) is 33.6 Å². The molecule has 0 aromatic heterocycles. The van der Waals surface area contributed by atoms with Gasteiger partial charge in [0.1, 0.15) is 5.75 Å². The molecule has 0 spiro atoms. The van der Waals surface area contributed by atoms with Gasteiger partial charge in [-0.05, 0) is 24.5 Å². The van der Waals surface area contributed by atoms with Crippen LogP contribution in [0.1, 0.15) is 12.5 Å². The molecule has 1 aromatic carbocycles. The van der Waals surface area contributed by atoms with Gasteiger partial charge in [-0.3, -0.25) is 4.99 Å². The van der Waals surface area contributed by atoms with Crippen LogP contribution in [-0.4, -0.2) is 24.6 Å². The molecule has 92 valence electrons. The maximum atomic E-state index is 5.23. The Morgan fingerprint density at radius 3 is 2.94 bits per heavy atom. The average molecular weight is 250 g/mol. The van der Waals surface area contributed by atoms with Gasteiger partial charge in [-0.2, -0.15) is 0 Å². The number of thioether (sulfide) groups is 1. The standard InChI is InChI=1S/C13H18N2OS/c1-9-7-14-13(17-8-9)15-12-6-11(16-3)5-4-10(12)2/h4-6,9H,7-8H2,1-3H3,(H,14,15). The smallest absolute Gasteiger partial charge is 0.161 e. The highest BCUT2D eigenvalue weighted by Gasteiger charge is 2.13. The molecular formula is C13H18N2OS. The van der Waals surface area contributed by atoms with E-state index in [4.69, 9.17) is 4.74 Å². The molecule has 1 heterocycles. The van der Waals surface area contributed by atoms with Gasteiger partial charge in [-0.1, -0.05) is 24.8 Å². The fourth-order valence-electron chi connectivity index (χ4n) is 1.61. The summed E-state index contributed by atoms with van der Waals surface area (Å²) >= 11 is 1.79. The fraction of sp³-hybridized carbons (Fsp3) is 0.462. The first-order valence-corrected chi connectivity index (χ1v) is 6.76. The minimum absolute atomic E-state index is 0.678. The molecule has 3 nitrogen and oxygen atoms in total. The highest BCUT2D eigenvalue weighted by Crippen LogP contribution is 2.25. The molecule has 0 radical (unpaired) electrons. The quantitative estimate of drug-likeness (QED) is 0.875. The van der Waals surface area contributed by atoms with Gasteiger partial charge in [0.2, 0.25) is 0 Å². The summed E-state index contributed by atoms with van der Waals surface area (Å²) in [6.45, 7) is 5.22. The van der Waals surface area contributed by atoms with Crippen molar-refractivity contribution in [3.8, 4) is 5.75 Å². The number of hydrogen-bond acceptors (Lipinski definition) is 4. The van der Waals surface area contributed by atoms with Crippen LogP contribution >= 0.6 is 11.8 Å². The first-order valence-electron chi connectivity index (χ1n) is 5.78. The lowest BCUT2D eigenvalue weighted by Crippen LogP contribution is -2.19. The zero-order valence-electron chi connectivity index (χ0n) is 10.5. The van der Waals surface area contributed by atoms with Crippen LogP contribution in [0.3, 0.4) is 0 Å². The number of aliphatic imine (C=N–C) groups is 1. The Kier molecular flexibility index (Phi) is 3.94. The number of anilines is 1. The molecule has 0 aliphatic carbocycles. The number of amidine groups is 1. The lowest BCUT2D eigenvalue weighted by molar-refractivity contribution is 0.415. The lowest BCUT2D eigenvalue weighted by Gasteiger charge is -2.19. The maximum absolute atomic E-state index is 5.23. The summed E-state index contributed by atoms with van der Waals surface area (Å²) in [6.07, 6.45) is 0. The van der Waals surface area contributed by atoms with Gasteiger partial charge in [-0.25, -0.2) is 0 Å². The molecule has 1 aliphatic heterocycles. The van der Waals surface area contributed by atoms with Crippen molar-refractivity contribution in [2.75, 3.05) is 24.7 Å². The van der Waals surface area contributed by atoms with Gasteiger partial charge in [-0.15, -0.1) is 0 Å². The van der Waals surface area contributed by atoms with E-state index in [0.717, 1.165) is 28.9 Å². The van der Waals surface area contributed by atoms with Gasteiger partial charge in [0.15, 0.2) is 5.17 Å². The summed E-state index contributed by atoms with van der Waals surface area (Å²) in [5, 5.41) is 4.39. The summed E-state index contributed by atoms with van der Waals surface area (Å²) in [4.78, 5) is 4.53. The van der Waals surface area contributed by atoms with Gasteiger partial charge < -0.3 is 10.1 Å². The number of methoxy groups -OCH3 is 1. The third-order valence-electron chi connectivity index (χ3n) is 2.74. The molecular weight excluding hydrogens is 232 g/mol. The lowest BCUT2D eigenvalue weighted by atomic mass is 10.2. The Morgan fingerprint density at radius 2 is 2.29 bits per heavy atom. The Morgan fingerprint density at radius 1 is 1.47 bits per heavy atom. The number of ether oxygens (including phenoxy) is 1. The van der Waals surface area contributed by atoms with E-state index in [2.05, 4.69) is 30.2 Å². The molecule has 1 N–H and O–H groups in total. The van der Waals surface area contributed by atoms with Crippen molar-refractivity contribution in [1.29, 1.82) is 0 Å². The van der Waals surface area contributed by atoms with E-state index in [1.54, 1.807) is 18.9 Å². The van der Waals surface area contributed by atoms with Crippen molar-refractivity contribution < 1.29 is 4.74 Å². The number of rotatable bonds is 2. The van der Waals surface area contributed by atoms with Crippen molar-refractivity contribution in [3.05, 3.63) is 23.8 Å². The van der Waals surface area contributed by atoms with Crippen LogP contribution in [0.15, 0.2) is 23.2 Å². The first kappa shape index (κ1) is 12.3. The molecule has 0 bridgehead atoms. The van der Waals surface area contributed by atoms with E-state index in [1.165, 1.54) is 5.56 Å². The predicted octanol–water partition coefficient (Wildman–Crippen LogP) is 3.15. The van der Waals surface area contributed by atoms with Crippen LogP contribution in [-0.2, 0) is 0 Å². The molecule has 0 amide bonds. The van der Waals surface area contributed by atoms with Crippen LogP contribution in [0.5, 0.6) is 5.75 Å². The van der Waals surface area contributed by atoms with E-state index in [-0.39, 0.29) is 0 Å². The van der Waals surface area contributed by atoms with Crippen LogP contribution in [0.2, 0.25) is 0 Å². The second-order valence-electron chi connectivity index (χ2n) is 4.37. The molecule has 0 saturated heterocycles. The molecule has 17 heavy (non-hydrogen) atoms. The summed E-state index contributed by atoms with van der Waals surface area (Å²) in [6, 6.07) is 6.03. The largest absolute Gasteiger partial charge is 0.497 e. The van der Waals surface area contributed by atoms with Crippen molar-refractivity contribution in [2.24, 2.45) is 10.9 Å². The van der Waals surface area contributed by atoms with Crippen LogP contribution in [0.4, 0.5) is 5.69 Å². The molecule has 0 fully saturated rings. The third-order valence-corrected chi connectivity index (χ3v) is 3.98. The van der Waals surface area contributed by atoms with Crippen molar-refractivity contribution in [1.82, 2.24) is 0 Å². The summed E-state index contributed by atoms with van der Waals surface area (Å²) in [5.41, 5.74) is 2.28. The second-order valence-corrected chi connectivity index (χ2v) is 5.38. The molecule has 1 aromatic rings. The Bertz CT molecular complexity index is 431. The predicted molar refractivity (Wildman–Crippen MR) is 75.3 cm³/mol. The van der Waals surface area contributed by atoms with Crippen LogP contribution in [0.25, 0.3) is 0 Å². The highest BCUT2D eigenvalue weighted by molar-refractivity contribution is 8.14. The van der Waals surface area contributed by atoms with Crippen molar-refractivity contribution in [2.45, 2.75) is 13.8 Å². The highest BCUT2D eigenvalue weighted by atomic mass is 32.2. The number of nitrogens with zero attached hydrogens (tertiary/aromatic N) is 1. The Balaban J connectivity index is 2.12. The summed E-state index contributed by atoms with van der Waals surface area (Å²) < 4.78 is 5.23. The number of hydrogen-bond donors (Lipinski definition) is 1. The van der Waals surface area contributed by atoms with Crippen LogP contribution < -0.4 is 10.1 Å². The molecule has 1 aliphatic rings. The minimum Gasteiger partial charge on any atom is -0.497 e. The first-order chi connectivity index (χ1) is 8.19. The van der Waals surface area contributed by atoms with E-state index in [0.29, 0.717) is 5.92 Å². The van der Waals surface area contributed by atoms with Crippen molar-refractivity contribution >= 4 is 22.6 Å². The average Bonchev–Trinajstić information content (AvgIpc) is 2.35. The third kappa shape index (κ3) is 3.16. The second kappa shape index (κ2) is 5.45. The molecule has 1 atom stereocenters. The van der Waals surface area contributed by atoms with Gasteiger partial charge in [0.05, 0.1) is 7.11 Å². The molecule has 2 rings (SSSR count). The van der Waals surface area contributed by atoms with E-state index < -0.39 is 0 Å². The monoisotopic (exact) mass is 250 g/mol. The van der Waals surface area contributed by atoms with E-state index in [9.17, 15) is 0 Å². The number of nitrogens with one attached hydrogen (secondary N) is 1. The zero-order valence-corrected chi connectivity index (χ0v) is 11.3. The normalized spacial score (nSPS) is 19.7. The summed E-state index contributed by atoms with van der Waals surface area (Å²) in [7, 11) is 1.68. The SMILES string of the molecule is COc1ccc(C)c(NC2=NCC(C)CS2)c1. The zero-order chi connectivity index (χ0) is 12.3. The van der Waals surface area contributed by atoms with Gasteiger partial charge in [0, 0.05) is 24.1 Å². The number of aryl methyl sites for hydroxylation is 1. The number of benzene rings is 1. The minimum atomic E-state index is 0.678. The van der Waals surface area contributed by atoms with E-state index in [1.807, 2.05) is 12.1 Å².